The average Bonchev–Trinajstić information content (AvgIpc) is 1.86. The van der Waals surface area contributed by atoms with Crippen LogP contribution in [0.1, 0.15) is 0 Å². The van der Waals surface area contributed by atoms with E-state index in [2.05, 4.69) is 10.1 Å². The molecule has 0 aromatic rings. The van der Waals surface area contributed by atoms with Crippen molar-refractivity contribution >= 4 is 6.09 Å². The lowest BCUT2D eigenvalue weighted by Crippen LogP contribution is -2.58. The second kappa shape index (κ2) is 3.06. The highest BCUT2D eigenvalue weighted by Gasteiger charge is 2.37. The third-order valence-electron chi connectivity index (χ3n) is 1.86. The molecule has 0 spiro atoms. The van der Waals surface area contributed by atoms with Gasteiger partial charge in [-0.15, -0.1) is 0 Å². The van der Waals surface area contributed by atoms with E-state index in [0.29, 0.717) is 13.1 Å². The Morgan fingerprint density at radius 3 is 2.64 bits per heavy atom. The van der Waals surface area contributed by atoms with Gasteiger partial charge in [-0.2, -0.15) is 0 Å². The minimum Gasteiger partial charge on any atom is -0.449 e. The van der Waals surface area contributed by atoms with Crippen molar-refractivity contribution in [3.63, 3.8) is 0 Å². The number of hydrogen-bond donors (Lipinski definition) is 3. The van der Waals surface area contributed by atoms with E-state index in [1.54, 1.807) is 0 Å². The van der Waals surface area contributed by atoms with Crippen molar-refractivity contribution in [3.8, 4) is 0 Å². The molecular weight excluding hydrogens is 148 g/mol. The van der Waals surface area contributed by atoms with Crippen LogP contribution in [0.4, 0.5) is 4.79 Å². The van der Waals surface area contributed by atoms with Crippen molar-refractivity contribution in [1.82, 2.24) is 5.32 Å². The highest BCUT2D eigenvalue weighted by molar-refractivity contribution is 5.64. The monoisotopic (exact) mass is 160 g/mol. The van der Waals surface area contributed by atoms with Crippen LogP contribution in [-0.4, -0.2) is 37.5 Å². The summed E-state index contributed by atoms with van der Waals surface area (Å²) in [5.74, 6) is 0. The number of amides is 1. The average molecular weight is 160 g/mol. The van der Waals surface area contributed by atoms with Gasteiger partial charge in [-0.1, -0.05) is 0 Å². The number of primary amides is 1. The first-order valence-corrected chi connectivity index (χ1v) is 3.42. The van der Waals surface area contributed by atoms with Gasteiger partial charge in [0.1, 0.15) is 6.61 Å². The number of hydrogen-bond acceptors (Lipinski definition) is 4. The maximum atomic E-state index is 10.2. The lowest BCUT2D eigenvalue weighted by Gasteiger charge is -2.39. The second-order valence-corrected chi connectivity index (χ2v) is 2.87. The lowest BCUT2D eigenvalue weighted by atomic mass is 9.84. The lowest BCUT2D eigenvalue weighted by molar-refractivity contribution is 0.00400. The van der Waals surface area contributed by atoms with E-state index in [1.807, 2.05) is 0 Å². The van der Waals surface area contributed by atoms with Gasteiger partial charge in [0.15, 0.2) is 0 Å². The smallest absolute Gasteiger partial charge is 0.404 e. The van der Waals surface area contributed by atoms with E-state index in [0.717, 1.165) is 0 Å². The minimum atomic E-state index is -0.787. The molecule has 64 valence electrons. The van der Waals surface area contributed by atoms with Gasteiger partial charge >= 0.3 is 6.09 Å². The van der Waals surface area contributed by atoms with Crippen LogP contribution in [0.25, 0.3) is 0 Å². The number of carbonyl (C=O) groups is 1. The van der Waals surface area contributed by atoms with E-state index >= 15 is 0 Å². The predicted octanol–water partition coefficient (Wildman–Crippen LogP) is -1.34. The first-order valence-electron chi connectivity index (χ1n) is 3.42. The first-order chi connectivity index (χ1) is 5.18. The molecule has 0 aliphatic carbocycles. The van der Waals surface area contributed by atoms with E-state index in [4.69, 9.17) is 10.8 Å². The van der Waals surface area contributed by atoms with Crippen molar-refractivity contribution in [2.45, 2.75) is 0 Å². The predicted molar refractivity (Wildman–Crippen MR) is 37.9 cm³/mol. The van der Waals surface area contributed by atoms with Crippen LogP contribution in [0, 0.1) is 5.41 Å². The number of nitrogens with two attached hydrogens (primary N) is 1. The standard InChI is InChI=1S/C6H12N2O3/c7-5(10)11-4-6(3-9)1-8-2-6/h8-9H,1-4H2,(H2,7,10). The van der Waals surface area contributed by atoms with Gasteiger partial charge in [-0.3, -0.25) is 0 Å². The molecule has 1 saturated heterocycles. The molecule has 1 fully saturated rings. The number of aliphatic hydroxyl groups is 1. The molecule has 5 nitrogen and oxygen atoms in total. The number of nitrogens with one attached hydrogen (secondary N) is 1. The molecule has 0 unspecified atom stereocenters. The zero-order valence-corrected chi connectivity index (χ0v) is 6.17. The summed E-state index contributed by atoms with van der Waals surface area (Å²) in [5, 5.41) is 11.9. The highest BCUT2D eigenvalue weighted by Crippen LogP contribution is 2.21. The van der Waals surface area contributed by atoms with Crippen molar-refractivity contribution in [1.29, 1.82) is 0 Å². The molecule has 0 aromatic carbocycles. The summed E-state index contributed by atoms with van der Waals surface area (Å²) < 4.78 is 4.58. The third kappa shape index (κ3) is 1.81. The summed E-state index contributed by atoms with van der Waals surface area (Å²) >= 11 is 0. The Bertz CT molecular complexity index is 150. The molecule has 5 heteroatoms. The molecule has 0 bridgehead atoms. The Balaban J connectivity index is 2.27. The number of rotatable bonds is 3. The molecular formula is C6H12N2O3. The van der Waals surface area contributed by atoms with Crippen LogP contribution in [0.15, 0.2) is 0 Å². The van der Waals surface area contributed by atoms with Crippen LogP contribution >= 0.6 is 0 Å². The fourth-order valence-corrected chi connectivity index (χ4v) is 0.962. The fourth-order valence-electron chi connectivity index (χ4n) is 0.962. The van der Waals surface area contributed by atoms with Crippen LogP contribution in [-0.2, 0) is 4.74 Å². The summed E-state index contributed by atoms with van der Waals surface area (Å²) in [6, 6.07) is 0. The minimum absolute atomic E-state index is 0.0211. The molecule has 0 saturated carbocycles. The molecule has 1 heterocycles. The van der Waals surface area contributed by atoms with Gasteiger partial charge in [0, 0.05) is 13.1 Å². The highest BCUT2D eigenvalue weighted by atomic mass is 16.5. The number of carbonyl (C=O) groups excluding carboxylic acids is 1. The number of aliphatic hydroxyl groups excluding tert-OH is 1. The summed E-state index contributed by atoms with van der Waals surface area (Å²) in [6.07, 6.45) is -0.787. The molecule has 1 aliphatic rings. The molecule has 1 aliphatic heterocycles. The van der Waals surface area contributed by atoms with E-state index in [1.165, 1.54) is 0 Å². The Morgan fingerprint density at radius 2 is 2.36 bits per heavy atom. The largest absolute Gasteiger partial charge is 0.449 e. The topological polar surface area (TPSA) is 84.6 Å². The summed E-state index contributed by atoms with van der Waals surface area (Å²) in [6.45, 7) is 1.58. The third-order valence-corrected chi connectivity index (χ3v) is 1.86. The van der Waals surface area contributed by atoms with E-state index < -0.39 is 6.09 Å². The van der Waals surface area contributed by atoms with Gasteiger partial charge in [0.05, 0.1) is 12.0 Å². The molecule has 1 rings (SSSR count). The van der Waals surface area contributed by atoms with Crippen molar-refractivity contribution < 1.29 is 14.6 Å². The van der Waals surface area contributed by atoms with Gasteiger partial charge in [-0.05, 0) is 0 Å². The molecule has 0 atom stereocenters. The molecule has 1 amide bonds. The van der Waals surface area contributed by atoms with E-state index in [-0.39, 0.29) is 18.6 Å². The van der Waals surface area contributed by atoms with Crippen LogP contribution in [0.2, 0.25) is 0 Å². The Hall–Kier alpha value is -0.810. The maximum Gasteiger partial charge on any atom is 0.404 e. The molecule has 4 N–H and O–H groups in total. The van der Waals surface area contributed by atoms with Crippen LogP contribution in [0.5, 0.6) is 0 Å². The number of ether oxygens (including phenoxy) is 1. The quantitative estimate of drug-likeness (QED) is 0.477. The molecule has 0 aromatic heterocycles. The Labute approximate surface area is 64.5 Å². The normalized spacial score (nSPS) is 20.5. The van der Waals surface area contributed by atoms with Crippen LogP contribution < -0.4 is 11.1 Å². The molecule has 11 heavy (non-hydrogen) atoms. The van der Waals surface area contributed by atoms with Crippen molar-refractivity contribution in [2.75, 3.05) is 26.3 Å². The Morgan fingerprint density at radius 1 is 1.73 bits per heavy atom. The fraction of sp³-hybridized carbons (Fsp3) is 0.833. The SMILES string of the molecule is NC(=O)OCC1(CO)CNC1. The van der Waals surface area contributed by atoms with Gasteiger partial charge in [0.2, 0.25) is 0 Å². The second-order valence-electron chi connectivity index (χ2n) is 2.87. The van der Waals surface area contributed by atoms with Crippen molar-refractivity contribution in [3.05, 3.63) is 0 Å². The summed E-state index contributed by atoms with van der Waals surface area (Å²) in [7, 11) is 0. The first kappa shape index (κ1) is 8.29. The zero-order valence-electron chi connectivity index (χ0n) is 6.17. The summed E-state index contributed by atoms with van der Waals surface area (Å²) in [5.41, 5.74) is 4.49. The summed E-state index contributed by atoms with van der Waals surface area (Å²) in [4.78, 5) is 10.2. The maximum absolute atomic E-state index is 10.2. The molecule has 0 radical (unpaired) electrons. The van der Waals surface area contributed by atoms with E-state index in [9.17, 15) is 4.79 Å². The van der Waals surface area contributed by atoms with Crippen LogP contribution in [0.3, 0.4) is 0 Å². The van der Waals surface area contributed by atoms with Gasteiger partial charge < -0.3 is 20.9 Å². The Kier molecular flexibility index (Phi) is 2.31. The van der Waals surface area contributed by atoms with Crippen molar-refractivity contribution in [2.24, 2.45) is 11.1 Å². The van der Waals surface area contributed by atoms with Gasteiger partial charge in [0.25, 0.3) is 0 Å². The zero-order chi connectivity index (χ0) is 8.32. The van der Waals surface area contributed by atoms with Gasteiger partial charge in [-0.25, -0.2) is 4.79 Å².